The van der Waals surface area contributed by atoms with E-state index in [4.69, 9.17) is 0 Å². The largest absolute Gasteiger partial charge is 0.325 e. The van der Waals surface area contributed by atoms with Gasteiger partial charge in [0.15, 0.2) is 0 Å². The number of pyridine rings is 1. The Hall–Kier alpha value is -2.92. The molecule has 0 fully saturated rings. The molecule has 0 saturated carbocycles. The van der Waals surface area contributed by atoms with Gasteiger partial charge in [0.1, 0.15) is 0 Å². The molecule has 1 N–H and O–H groups in total. The zero-order valence-electron chi connectivity index (χ0n) is 16.0. The van der Waals surface area contributed by atoms with Crippen LogP contribution < -0.4 is 10.9 Å². The highest BCUT2D eigenvalue weighted by molar-refractivity contribution is 6.03. The number of nitrogens with zero attached hydrogens (tertiary/aromatic N) is 2. The lowest BCUT2D eigenvalue weighted by Gasteiger charge is -2.15. The Morgan fingerprint density at radius 2 is 1.78 bits per heavy atom. The number of fused-ring (bicyclic) bond motifs is 1. The SMILES string of the molecule is CC(C(=O)Nc1cccc2c(=O)n(CCN(C)C)ccc12)c1ccccc1. The van der Waals surface area contributed by atoms with Crippen LogP contribution in [0, 0.1) is 0 Å². The average molecular weight is 363 g/mol. The molecule has 5 heteroatoms. The molecular formula is C22H25N3O2. The lowest BCUT2D eigenvalue weighted by atomic mass is 10.00. The van der Waals surface area contributed by atoms with Crippen molar-refractivity contribution in [3.8, 4) is 0 Å². The van der Waals surface area contributed by atoms with Crippen molar-refractivity contribution in [3.63, 3.8) is 0 Å². The molecule has 1 aromatic heterocycles. The first-order chi connectivity index (χ1) is 13.0. The highest BCUT2D eigenvalue weighted by Gasteiger charge is 2.16. The van der Waals surface area contributed by atoms with Crippen molar-refractivity contribution in [1.82, 2.24) is 9.47 Å². The summed E-state index contributed by atoms with van der Waals surface area (Å²) < 4.78 is 1.71. The number of hydrogen-bond donors (Lipinski definition) is 1. The Kier molecular flexibility index (Phi) is 5.72. The van der Waals surface area contributed by atoms with Crippen molar-refractivity contribution < 1.29 is 4.79 Å². The van der Waals surface area contributed by atoms with Crippen molar-refractivity contribution >= 4 is 22.4 Å². The fraction of sp³-hybridized carbons (Fsp3) is 0.273. The minimum absolute atomic E-state index is 0.0402. The summed E-state index contributed by atoms with van der Waals surface area (Å²) in [5.41, 5.74) is 1.58. The molecule has 2 aromatic carbocycles. The van der Waals surface area contributed by atoms with Crippen LogP contribution in [0.5, 0.6) is 0 Å². The van der Waals surface area contributed by atoms with Crippen LogP contribution in [0.15, 0.2) is 65.6 Å². The Morgan fingerprint density at radius 3 is 2.48 bits per heavy atom. The fourth-order valence-electron chi connectivity index (χ4n) is 3.05. The van der Waals surface area contributed by atoms with E-state index in [1.807, 2.05) is 74.4 Å². The number of hydrogen-bond acceptors (Lipinski definition) is 3. The summed E-state index contributed by atoms with van der Waals surface area (Å²) in [5, 5.41) is 4.36. The van der Waals surface area contributed by atoms with E-state index in [-0.39, 0.29) is 17.4 Å². The number of likely N-dealkylation sites (N-methyl/N-ethyl adjacent to an activating group) is 1. The van der Waals surface area contributed by atoms with Crippen molar-refractivity contribution in [2.24, 2.45) is 0 Å². The van der Waals surface area contributed by atoms with Gasteiger partial charge in [0, 0.05) is 35.7 Å². The predicted molar refractivity (Wildman–Crippen MR) is 110 cm³/mol. The van der Waals surface area contributed by atoms with Crippen molar-refractivity contribution in [3.05, 3.63) is 76.7 Å². The molecule has 0 saturated heterocycles. The van der Waals surface area contributed by atoms with Crippen molar-refractivity contribution in [2.75, 3.05) is 26.0 Å². The van der Waals surface area contributed by atoms with E-state index < -0.39 is 0 Å². The number of benzene rings is 2. The first-order valence-electron chi connectivity index (χ1n) is 9.10. The van der Waals surface area contributed by atoms with Crippen molar-refractivity contribution in [2.45, 2.75) is 19.4 Å². The minimum atomic E-state index is -0.276. The van der Waals surface area contributed by atoms with Gasteiger partial charge in [0.25, 0.3) is 5.56 Å². The molecule has 1 heterocycles. The molecule has 0 aliphatic rings. The lowest BCUT2D eigenvalue weighted by molar-refractivity contribution is -0.117. The summed E-state index contributed by atoms with van der Waals surface area (Å²) in [5.74, 6) is -0.368. The molecule has 0 aliphatic carbocycles. The molecule has 1 atom stereocenters. The summed E-state index contributed by atoms with van der Waals surface area (Å²) >= 11 is 0. The third kappa shape index (κ3) is 4.26. The Bertz CT molecular complexity index is 993. The highest BCUT2D eigenvalue weighted by atomic mass is 16.2. The molecule has 0 aliphatic heterocycles. The number of anilines is 1. The van der Waals surface area contributed by atoms with Crippen LogP contribution in [0.1, 0.15) is 18.4 Å². The third-order valence-electron chi connectivity index (χ3n) is 4.76. The van der Waals surface area contributed by atoms with Crippen LogP contribution in [-0.2, 0) is 11.3 Å². The van der Waals surface area contributed by atoms with Gasteiger partial charge in [-0.1, -0.05) is 36.4 Å². The van der Waals surface area contributed by atoms with Crippen LogP contribution in [0.4, 0.5) is 5.69 Å². The third-order valence-corrected chi connectivity index (χ3v) is 4.76. The zero-order chi connectivity index (χ0) is 19.4. The maximum absolute atomic E-state index is 12.8. The van der Waals surface area contributed by atoms with Gasteiger partial charge in [-0.25, -0.2) is 0 Å². The van der Waals surface area contributed by atoms with Crippen LogP contribution in [0.25, 0.3) is 10.8 Å². The second kappa shape index (κ2) is 8.18. The van der Waals surface area contributed by atoms with E-state index in [1.165, 1.54) is 0 Å². The first-order valence-corrected chi connectivity index (χ1v) is 9.10. The molecule has 1 unspecified atom stereocenters. The average Bonchev–Trinajstić information content (AvgIpc) is 2.68. The summed E-state index contributed by atoms with van der Waals surface area (Å²) in [6.45, 7) is 3.30. The molecular weight excluding hydrogens is 338 g/mol. The summed E-state index contributed by atoms with van der Waals surface area (Å²) in [4.78, 5) is 27.5. The smallest absolute Gasteiger partial charge is 0.258 e. The topological polar surface area (TPSA) is 54.3 Å². The van der Waals surface area contributed by atoms with E-state index in [2.05, 4.69) is 5.32 Å². The molecule has 0 radical (unpaired) electrons. The van der Waals surface area contributed by atoms with Gasteiger partial charge < -0.3 is 14.8 Å². The van der Waals surface area contributed by atoms with E-state index in [1.54, 1.807) is 16.8 Å². The van der Waals surface area contributed by atoms with Gasteiger partial charge in [0.2, 0.25) is 5.91 Å². The molecule has 27 heavy (non-hydrogen) atoms. The molecule has 0 spiro atoms. The number of carbonyl (C=O) groups excluding carboxylic acids is 1. The monoisotopic (exact) mass is 363 g/mol. The zero-order valence-corrected chi connectivity index (χ0v) is 16.0. The van der Waals surface area contributed by atoms with Gasteiger partial charge in [-0.3, -0.25) is 9.59 Å². The van der Waals surface area contributed by atoms with Gasteiger partial charge in [0.05, 0.1) is 5.92 Å². The second-order valence-electron chi connectivity index (χ2n) is 7.01. The van der Waals surface area contributed by atoms with Crippen LogP contribution in [0.3, 0.4) is 0 Å². The van der Waals surface area contributed by atoms with E-state index in [0.717, 1.165) is 17.5 Å². The normalized spacial score (nSPS) is 12.3. The summed E-state index contributed by atoms with van der Waals surface area (Å²) in [7, 11) is 3.96. The van der Waals surface area contributed by atoms with Crippen LogP contribution in [-0.4, -0.2) is 36.0 Å². The molecule has 5 nitrogen and oxygen atoms in total. The molecule has 3 rings (SSSR count). The van der Waals surface area contributed by atoms with E-state index in [9.17, 15) is 9.59 Å². The Morgan fingerprint density at radius 1 is 1.04 bits per heavy atom. The predicted octanol–water partition coefficient (Wildman–Crippen LogP) is 3.31. The minimum Gasteiger partial charge on any atom is -0.325 e. The number of nitrogens with one attached hydrogen (secondary N) is 1. The Labute approximate surface area is 159 Å². The summed E-state index contributed by atoms with van der Waals surface area (Å²) in [6, 6.07) is 17.0. The second-order valence-corrected chi connectivity index (χ2v) is 7.01. The van der Waals surface area contributed by atoms with Gasteiger partial charge in [-0.15, -0.1) is 0 Å². The molecule has 1 amide bonds. The molecule has 140 valence electrons. The van der Waals surface area contributed by atoms with Gasteiger partial charge in [-0.2, -0.15) is 0 Å². The number of amides is 1. The lowest BCUT2D eigenvalue weighted by Crippen LogP contribution is -2.26. The Balaban J connectivity index is 1.88. The van der Waals surface area contributed by atoms with E-state index in [0.29, 0.717) is 17.6 Å². The highest BCUT2D eigenvalue weighted by Crippen LogP contribution is 2.23. The van der Waals surface area contributed by atoms with E-state index >= 15 is 0 Å². The first kappa shape index (κ1) is 18.9. The number of rotatable bonds is 6. The maximum Gasteiger partial charge on any atom is 0.258 e. The quantitative estimate of drug-likeness (QED) is 0.731. The number of aromatic nitrogens is 1. The van der Waals surface area contributed by atoms with Gasteiger partial charge >= 0.3 is 0 Å². The standard InChI is InChI=1S/C22H25N3O2/c1-16(17-8-5-4-6-9-17)21(26)23-20-11-7-10-19-18(20)12-13-25(22(19)27)15-14-24(2)3/h4-13,16H,14-15H2,1-3H3,(H,23,26). The fourth-order valence-corrected chi connectivity index (χ4v) is 3.05. The molecule has 3 aromatic rings. The van der Waals surface area contributed by atoms with Crippen LogP contribution in [0.2, 0.25) is 0 Å². The maximum atomic E-state index is 12.8. The van der Waals surface area contributed by atoms with Gasteiger partial charge in [-0.05, 0) is 44.8 Å². The summed E-state index contributed by atoms with van der Waals surface area (Å²) in [6.07, 6.45) is 1.80. The number of carbonyl (C=O) groups is 1. The van der Waals surface area contributed by atoms with Crippen LogP contribution >= 0.6 is 0 Å². The molecule has 0 bridgehead atoms. The van der Waals surface area contributed by atoms with Crippen molar-refractivity contribution in [1.29, 1.82) is 0 Å².